The lowest BCUT2D eigenvalue weighted by atomic mass is 9.85. The van der Waals surface area contributed by atoms with E-state index in [0.29, 0.717) is 43.9 Å². The number of nitrogens with one attached hydrogen (secondary N) is 2. The second-order valence-corrected chi connectivity index (χ2v) is 12.5. The molecule has 3 N–H and O–H groups in total. The fourth-order valence-corrected chi connectivity index (χ4v) is 6.68. The average molecular weight is 585 g/mol. The molecule has 41 heavy (non-hydrogen) atoms. The van der Waals surface area contributed by atoms with Crippen LogP contribution in [0.25, 0.3) is 20.8 Å². The monoisotopic (exact) mass is 584 g/mol. The topological polar surface area (TPSA) is 103 Å². The molecule has 4 heterocycles. The van der Waals surface area contributed by atoms with Gasteiger partial charge in [-0.15, -0.1) is 22.7 Å². The molecule has 0 aliphatic carbocycles. The van der Waals surface area contributed by atoms with Crippen molar-refractivity contribution in [2.75, 3.05) is 23.7 Å². The number of fused-ring (bicyclic) bond motifs is 1. The smallest absolute Gasteiger partial charge is 0.273 e. The summed E-state index contributed by atoms with van der Waals surface area (Å²) in [4.78, 5) is 28.9. The number of amides is 1. The molecule has 0 spiro atoms. The molecule has 0 radical (unpaired) electrons. The minimum absolute atomic E-state index is 0.0997. The van der Waals surface area contributed by atoms with Crippen LogP contribution >= 0.6 is 22.7 Å². The first-order chi connectivity index (χ1) is 19.8. The van der Waals surface area contributed by atoms with Gasteiger partial charge in [-0.2, -0.15) is 0 Å². The van der Waals surface area contributed by atoms with Crippen LogP contribution in [0.5, 0.6) is 0 Å². The Morgan fingerprint density at radius 3 is 2.66 bits per heavy atom. The third kappa shape index (κ3) is 6.24. The number of thiazole rings is 2. The first-order valence-corrected chi connectivity index (χ1v) is 15.5. The van der Waals surface area contributed by atoms with Crippen molar-refractivity contribution in [3.05, 3.63) is 82.9 Å². The predicted octanol–water partition coefficient (Wildman–Crippen LogP) is 6.59. The summed E-state index contributed by atoms with van der Waals surface area (Å²) in [5, 5.41) is 20.6. The lowest BCUT2D eigenvalue weighted by Crippen LogP contribution is -2.47. The summed E-state index contributed by atoms with van der Waals surface area (Å²) in [5.41, 5.74) is 6.25. The largest absolute Gasteiger partial charge is 0.389 e. The van der Waals surface area contributed by atoms with Gasteiger partial charge < -0.3 is 20.6 Å². The van der Waals surface area contributed by atoms with Gasteiger partial charge in [-0.1, -0.05) is 30.3 Å². The third-order valence-corrected chi connectivity index (χ3v) is 8.93. The maximum absolute atomic E-state index is 13.4. The Balaban J connectivity index is 1.16. The highest BCUT2D eigenvalue weighted by Crippen LogP contribution is 2.34. The summed E-state index contributed by atoms with van der Waals surface area (Å²) in [6, 6.07) is 18.3. The van der Waals surface area contributed by atoms with Crippen molar-refractivity contribution in [3.63, 3.8) is 0 Å². The van der Waals surface area contributed by atoms with Gasteiger partial charge in [0.1, 0.15) is 16.5 Å². The van der Waals surface area contributed by atoms with E-state index in [2.05, 4.69) is 40.5 Å². The molecule has 1 saturated heterocycles. The number of carbonyl (C=O) groups is 1. The molecule has 2 aromatic carbocycles. The molecule has 0 bridgehead atoms. The Hall–Kier alpha value is -3.86. The third-order valence-electron chi connectivity index (χ3n) is 7.26. The van der Waals surface area contributed by atoms with Crippen LogP contribution in [-0.2, 0) is 6.42 Å². The molecule has 10 heteroatoms. The molecule has 1 aliphatic heterocycles. The molecule has 3 aromatic heterocycles. The van der Waals surface area contributed by atoms with Crippen LogP contribution in [0, 0.1) is 0 Å². The maximum Gasteiger partial charge on any atom is 0.273 e. The van der Waals surface area contributed by atoms with E-state index in [1.165, 1.54) is 11.3 Å². The van der Waals surface area contributed by atoms with Crippen LogP contribution in [-0.4, -0.2) is 55.6 Å². The first kappa shape index (κ1) is 27.3. The van der Waals surface area contributed by atoms with Gasteiger partial charge in [0.2, 0.25) is 0 Å². The Labute approximate surface area is 247 Å². The van der Waals surface area contributed by atoms with Gasteiger partial charge in [-0.3, -0.25) is 4.79 Å². The molecular formula is C31H32N6O2S2. The number of rotatable bonds is 8. The van der Waals surface area contributed by atoms with E-state index in [1.54, 1.807) is 22.4 Å². The quantitative estimate of drug-likeness (QED) is 0.189. The number of benzene rings is 2. The van der Waals surface area contributed by atoms with Crippen molar-refractivity contribution >= 4 is 56.0 Å². The van der Waals surface area contributed by atoms with E-state index >= 15 is 0 Å². The summed E-state index contributed by atoms with van der Waals surface area (Å²) < 4.78 is 1.11. The summed E-state index contributed by atoms with van der Waals surface area (Å²) in [6.45, 7) is 5.18. The van der Waals surface area contributed by atoms with Crippen LogP contribution in [0.4, 0.5) is 17.2 Å². The zero-order valence-electron chi connectivity index (χ0n) is 23.0. The zero-order chi connectivity index (χ0) is 28.4. The minimum atomic E-state index is -0.795. The highest BCUT2D eigenvalue weighted by atomic mass is 32.1. The van der Waals surface area contributed by atoms with Crippen LogP contribution < -0.4 is 10.6 Å². The van der Waals surface area contributed by atoms with Gasteiger partial charge in [0, 0.05) is 54.6 Å². The second kappa shape index (κ2) is 11.6. The SMILES string of the molecule is CC(C)Nc1cc(Nc2ccc3ncsc3c2)ncc1-c1nc(C(=O)N2CCC(O)(Cc3ccccc3)CC2)cs1. The Bertz CT molecular complexity index is 1660. The molecule has 0 saturated carbocycles. The zero-order valence-corrected chi connectivity index (χ0v) is 24.6. The van der Waals surface area contributed by atoms with Gasteiger partial charge in [0.15, 0.2) is 0 Å². The fourth-order valence-electron chi connectivity index (χ4n) is 5.14. The van der Waals surface area contributed by atoms with Gasteiger partial charge in [-0.05, 0) is 50.5 Å². The van der Waals surface area contributed by atoms with Crippen molar-refractivity contribution in [2.24, 2.45) is 0 Å². The number of aliphatic hydroxyl groups is 1. The predicted molar refractivity (Wildman–Crippen MR) is 167 cm³/mol. The molecule has 5 aromatic rings. The summed E-state index contributed by atoms with van der Waals surface area (Å²) >= 11 is 3.04. The van der Waals surface area contributed by atoms with Gasteiger partial charge in [0.25, 0.3) is 5.91 Å². The van der Waals surface area contributed by atoms with Crippen LogP contribution in [0.2, 0.25) is 0 Å². The fraction of sp³-hybridized carbons (Fsp3) is 0.290. The van der Waals surface area contributed by atoms with Crippen LogP contribution in [0.15, 0.2) is 71.7 Å². The molecule has 210 valence electrons. The molecule has 1 fully saturated rings. The first-order valence-electron chi connectivity index (χ1n) is 13.7. The van der Waals surface area contributed by atoms with Crippen molar-refractivity contribution < 1.29 is 9.90 Å². The van der Waals surface area contributed by atoms with E-state index in [9.17, 15) is 9.90 Å². The number of likely N-dealkylation sites (tertiary alicyclic amines) is 1. The normalized spacial score (nSPS) is 14.9. The van der Waals surface area contributed by atoms with Gasteiger partial charge in [-0.25, -0.2) is 15.0 Å². The maximum atomic E-state index is 13.4. The lowest BCUT2D eigenvalue weighted by Gasteiger charge is -2.38. The van der Waals surface area contributed by atoms with Crippen LogP contribution in [0.1, 0.15) is 42.7 Å². The van der Waals surface area contributed by atoms with Crippen molar-refractivity contribution in [1.82, 2.24) is 19.9 Å². The molecule has 6 rings (SSSR count). The summed E-state index contributed by atoms with van der Waals surface area (Å²) in [5.74, 6) is 0.613. The standard InChI is InChI=1S/C31H32N6O2S2/c1-20(2)34-25-15-28(35-22-8-9-24-27(14-22)41-19-33-24)32-17-23(25)29-36-26(18-40-29)30(38)37-12-10-31(39,11-13-37)16-21-6-4-3-5-7-21/h3-9,14-15,17-20,39H,10-13,16H2,1-2H3,(H2,32,34,35). The number of anilines is 3. The molecular weight excluding hydrogens is 553 g/mol. The Morgan fingerprint density at radius 1 is 1.07 bits per heavy atom. The number of pyridine rings is 1. The van der Waals surface area contributed by atoms with Gasteiger partial charge >= 0.3 is 0 Å². The van der Waals surface area contributed by atoms with E-state index in [-0.39, 0.29) is 11.9 Å². The van der Waals surface area contributed by atoms with Crippen LogP contribution in [0.3, 0.4) is 0 Å². The number of hydrogen-bond acceptors (Lipinski definition) is 9. The van der Waals surface area contributed by atoms with E-state index in [1.807, 2.05) is 59.4 Å². The second-order valence-electron chi connectivity index (χ2n) is 10.8. The number of piperidine rings is 1. The number of aromatic nitrogens is 3. The van der Waals surface area contributed by atoms with Crippen molar-refractivity contribution in [2.45, 2.75) is 44.8 Å². The number of carbonyl (C=O) groups excluding carboxylic acids is 1. The highest BCUT2D eigenvalue weighted by molar-refractivity contribution is 7.16. The molecule has 8 nitrogen and oxygen atoms in total. The Morgan fingerprint density at radius 2 is 1.88 bits per heavy atom. The Kier molecular flexibility index (Phi) is 7.70. The van der Waals surface area contributed by atoms with Crippen molar-refractivity contribution in [1.29, 1.82) is 0 Å². The van der Waals surface area contributed by atoms with E-state index < -0.39 is 5.60 Å². The molecule has 0 unspecified atom stereocenters. The molecule has 1 amide bonds. The average Bonchev–Trinajstić information content (AvgIpc) is 3.63. The molecule has 0 atom stereocenters. The van der Waals surface area contributed by atoms with Crippen molar-refractivity contribution in [3.8, 4) is 10.6 Å². The minimum Gasteiger partial charge on any atom is -0.389 e. The summed E-state index contributed by atoms with van der Waals surface area (Å²) in [7, 11) is 0. The van der Waals surface area contributed by atoms with E-state index in [4.69, 9.17) is 4.98 Å². The number of nitrogens with zero attached hydrogens (tertiary/aromatic N) is 4. The summed E-state index contributed by atoms with van der Waals surface area (Å²) in [6.07, 6.45) is 3.48. The van der Waals surface area contributed by atoms with E-state index in [0.717, 1.165) is 37.7 Å². The number of hydrogen-bond donors (Lipinski definition) is 3. The lowest BCUT2D eigenvalue weighted by molar-refractivity contribution is -0.0163. The highest BCUT2D eigenvalue weighted by Gasteiger charge is 2.34. The molecule has 1 aliphatic rings. The van der Waals surface area contributed by atoms with Gasteiger partial charge in [0.05, 0.1) is 26.9 Å².